The summed E-state index contributed by atoms with van der Waals surface area (Å²) < 4.78 is 66.4. The number of nitrogens with zero attached hydrogens (tertiary/aromatic N) is 5. The number of aromatic nitrogens is 3. The summed E-state index contributed by atoms with van der Waals surface area (Å²) in [7, 11) is -0.769. The van der Waals surface area contributed by atoms with E-state index in [1.54, 1.807) is 27.8 Å². The first-order chi connectivity index (χ1) is 21.2. The summed E-state index contributed by atoms with van der Waals surface area (Å²) in [5, 5.41) is 17.9. The van der Waals surface area contributed by atoms with Crippen LogP contribution in [0.5, 0.6) is 0 Å². The normalized spacial score (nSPS) is 15.3. The van der Waals surface area contributed by atoms with Crippen molar-refractivity contribution >= 4 is 38.3 Å². The van der Waals surface area contributed by atoms with Gasteiger partial charge in [0, 0.05) is 39.1 Å². The molecule has 11 nitrogen and oxygen atoms in total. The van der Waals surface area contributed by atoms with Gasteiger partial charge >= 0.3 is 6.18 Å². The van der Waals surface area contributed by atoms with Crippen LogP contribution < -0.4 is 10.9 Å². The van der Waals surface area contributed by atoms with E-state index in [2.05, 4.69) is 16.4 Å². The van der Waals surface area contributed by atoms with Crippen LogP contribution in [0.4, 0.5) is 24.7 Å². The summed E-state index contributed by atoms with van der Waals surface area (Å²) in [6.45, 7) is 0.548. The lowest BCUT2D eigenvalue weighted by atomic mass is 9.84. The van der Waals surface area contributed by atoms with Gasteiger partial charge in [-0.15, -0.1) is 0 Å². The Morgan fingerprint density at radius 3 is 2.31 bits per heavy atom. The fourth-order valence-electron chi connectivity index (χ4n) is 5.47. The van der Waals surface area contributed by atoms with Gasteiger partial charge in [0.05, 0.1) is 40.4 Å². The SMILES string of the molecule is CN(C)S(=O)(=O)c1ccc(Nc2nn(C3(CC#N)CCN(C(=O)Cc4ccc(C(F)(F)F)cc4)CC3)c3cc[nH]c(=O)c23)cc1. The van der Waals surface area contributed by atoms with E-state index in [1.807, 2.05) is 0 Å². The highest BCUT2D eigenvalue weighted by Gasteiger charge is 2.40. The number of piperidine rings is 1. The molecule has 45 heavy (non-hydrogen) atoms. The van der Waals surface area contributed by atoms with Crippen molar-refractivity contribution in [1.82, 2.24) is 24.0 Å². The zero-order chi connectivity index (χ0) is 32.6. The first kappa shape index (κ1) is 31.7. The minimum Gasteiger partial charge on any atom is -0.342 e. The van der Waals surface area contributed by atoms with Crippen LogP contribution in [0, 0.1) is 11.3 Å². The van der Waals surface area contributed by atoms with Crippen LogP contribution in [-0.2, 0) is 33.0 Å². The van der Waals surface area contributed by atoms with E-state index in [0.29, 0.717) is 29.6 Å². The standard InChI is InChI=1S/C30H30F3N7O4S/c1-38(2)45(43,44)23-9-7-22(8-10-23)36-27-26-24(11-16-35-28(26)42)40(37-27)29(12-15-34)13-17-39(18-14-29)25(41)19-20-3-5-21(6-4-20)30(31,32)33/h3-11,16H,12-14,17-19H2,1-2H3,(H,35,42)(H,36,37). The van der Waals surface area contributed by atoms with Crippen LogP contribution in [0.25, 0.3) is 10.9 Å². The number of aromatic amines is 1. The maximum absolute atomic E-state index is 13.1. The van der Waals surface area contributed by atoms with Crippen LogP contribution in [-0.4, -0.2) is 65.5 Å². The second kappa shape index (κ2) is 12.0. The van der Waals surface area contributed by atoms with Gasteiger partial charge in [0.25, 0.3) is 5.56 Å². The molecule has 1 aliphatic rings. The molecule has 0 aliphatic carbocycles. The first-order valence-electron chi connectivity index (χ1n) is 14.0. The van der Waals surface area contributed by atoms with Crippen LogP contribution >= 0.6 is 0 Å². The monoisotopic (exact) mass is 641 g/mol. The van der Waals surface area contributed by atoms with E-state index in [0.717, 1.165) is 16.4 Å². The minimum atomic E-state index is -4.46. The molecule has 0 spiro atoms. The third kappa shape index (κ3) is 6.29. The molecule has 0 saturated carbocycles. The number of rotatable bonds is 8. The number of halogens is 3. The van der Waals surface area contributed by atoms with Crippen molar-refractivity contribution in [3.05, 3.63) is 82.3 Å². The molecule has 2 aromatic carbocycles. The minimum absolute atomic E-state index is 0.0496. The van der Waals surface area contributed by atoms with Crippen molar-refractivity contribution in [2.24, 2.45) is 0 Å². The van der Waals surface area contributed by atoms with Crippen LogP contribution in [0.2, 0.25) is 0 Å². The number of alkyl halides is 3. The number of carbonyl (C=O) groups is 1. The summed E-state index contributed by atoms with van der Waals surface area (Å²) in [6, 6.07) is 14.4. The summed E-state index contributed by atoms with van der Waals surface area (Å²) in [4.78, 5) is 30.4. The third-order valence-corrected chi connectivity index (χ3v) is 9.87. The van der Waals surface area contributed by atoms with E-state index in [-0.39, 0.29) is 47.9 Å². The van der Waals surface area contributed by atoms with Gasteiger partial charge in [-0.3, -0.25) is 14.3 Å². The number of nitrogens with one attached hydrogen (secondary N) is 2. The number of hydrogen-bond acceptors (Lipinski definition) is 7. The number of sulfonamides is 1. The highest BCUT2D eigenvalue weighted by atomic mass is 32.2. The summed E-state index contributed by atoms with van der Waals surface area (Å²) >= 11 is 0. The van der Waals surface area contributed by atoms with Gasteiger partial charge < -0.3 is 15.2 Å². The number of likely N-dealkylation sites (tertiary alicyclic amines) is 1. The molecule has 1 amide bonds. The molecule has 1 saturated heterocycles. The molecule has 0 bridgehead atoms. The highest BCUT2D eigenvalue weighted by molar-refractivity contribution is 7.89. The maximum Gasteiger partial charge on any atom is 0.416 e. The average Bonchev–Trinajstić information content (AvgIpc) is 3.37. The van der Waals surface area contributed by atoms with Crippen molar-refractivity contribution < 1.29 is 26.4 Å². The van der Waals surface area contributed by atoms with Gasteiger partial charge in [-0.1, -0.05) is 12.1 Å². The lowest BCUT2D eigenvalue weighted by molar-refractivity contribution is -0.137. The van der Waals surface area contributed by atoms with Crippen molar-refractivity contribution in [2.75, 3.05) is 32.5 Å². The molecule has 4 aromatic rings. The Bertz CT molecular complexity index is 1920. The van der Waals surface area contributed by atoms with Crippen LogP contribution in [0.1, 0.15) is 30.4 Å². The number of pyridine rings is 1. The first-order valence-corrected chi connectivity index (χ1v) is 15.4. The molecule has 5 rings (SSSR count). The predicted molar refractivity (Wildman–Crippen MR) is 160 cm³/mol. The van der Waals surface area contributed by atoms with E-state index >= 15 is 0 Å². The topological polar surface area (TPSA) is 144 Å². The summed E-state index contributed by atoms with van der Waals surface area (Å²) in [5.74, 6) is -0.0302. The van der Waals surface area contributed by atoms with Gasteiger partial charge in [0.15, 0.2) is 5.82 Å². The maximum atomic E-state index is 13.1. The Labute approximate surface area is 256 Å². The molecule has 3 heterocycles. The van der Waals surface area contributed by atoms with Crippen LogP contribution in [0.3, 0.4) is 0 Å². The lowest BCUT2D eigenvalue weighted by Gasteiger charge is -2.41. The molecule has 2 N–H and O–H groups in total. The van der Waals surface area contributed by atoms with Gasteiger partial charge in [-0.05, 0) is 60.9 Å². The zero-order valence-corrected chi connectivity index (χ0v) is 25.2. The Morgan fingerprint density at radius 1 is 1.09 bits per heavy atom. The van der Waals surface area contributed by atoms with Crippen molar-refractivity contribution in [3.63, 3.8) is 0 Å². The van der Waals surface area contributed by atoms with Gasteiger partial charge in [0.1, 0.15) is 5.39 Å². The number of anilines is 2. The molecular formula is C30H30F3N7O4S. The number of carbonyl (C=O) groups excluding carboxylic acids is 1. The van der Waals surface area contributed by atoms with Gasteiger partial charge in [-0.2, -0.15) is 23.5 Å². The second-order valence-corrected chi connectivity index (χ2v) is 13.2. The summed E-state index contributed by atoms with van der Waals surface area (Å²) in [6.07, 6.45) is -2.30. The number of benzene rings is 2. The average molecular weight is 642 g/mol. The fraction of sp³-hybridized carbons (Fsp3) is 0.333. The number of amides is 1. The third-order valence-electron chi connectivity index (χ3n) is 8.04. The quantitative estimate of drug-likeness (QED) is 0.293. The molecule has 0 atom stereocenters. The van der Waals surface area contributed by atoms with Crippen molar-refractivity contribution in [3.8, 4) is 6.07 Å². The fourth-order valence-corrected chi connectivity index (χ4v) is 6.37. The van der Waals surface area contributed by atoms with E-state index in [1.165, 1.54) is 44.6 Å². The van der Waals surface area contributed by atoms with Crippen LogP contribution in [0.15, 0.2) is 70.5 Å². The Hall–Kier alpha value is -4.68. The van der Waals surface area contributed by atoms with E-state index in [4.69, 9.17) is 5.10 Å². The number of fused-ring (bicyclic) bond motifs is 1. The number of nitriles is 1. The molecule has 1 aliphatic heterocycles. The Morgan fingerprint density at radius 2 is 1.73 bits per heavy atom. The molecule has 236 valence electrons. The summed E-state index contributed by atoms with van der Waals surface area (Å²) in [5.41, 5.74) is -0.624. The second-order valence-electron chi connectivity index (χ2n) is 11.1. The predicted octanol–water partition coefficient (Wildman–Crippen LogP) is 4.21. The van der Waals surface area contributed by atoms with Gasteiger partial charge in [0.2, 0.25) is 15.9 Å². The molecule has 15 heteroatoms. The zero-order valence-electron chi connectivity index (χ0n) is 24.4. The number of H-pyrrole nitrogens is 1. The molecule has 0 unspecified atom stereocenters. The largest absolute Gasteiger partial charge is 0.416 e. The Kier molecular flexibility index (Phi) is 8.47. The Balaban J connectivity index is 1.39. The molecular weight excluding hydrogens is 611 g/mol. The molecule has 0 radical (unpaired) electrons. The molecule has 1 fully saturated rings. The lowest BCUT2D eigenvalue weighted by Crippen LogP contribution is -2.48. The van der Waals surface area contributed by atoms with Crippen molar-refractivity contribution in [2.45, 2.75) is 42.3 Å². The van der Waals surface area contributed by atoms with E-state index in [9.17, 15) is 36.4 Å². The van der Waals surface area contributed by atoms with Gasteiger partial charge in [-0.25, -0.2) is 12.7 Å². The highest BCUT2D eigenvalue weighted by Crippen LogP contribution is 2.38. The van der Waals surface area contributed by atoms with Crippen molar-refractivity contribution in [1.29, 1.82) is 5.26 Å². The number of hydrogen-bond donors (Lipinski definition) is 2. The smallest absolute Gasteiger partial charge is 0.342 e. The molecule has 2 aromatic heterocycles. The van der Waals surface area contributed by atoms with E-state index < -0.39 is 32.9 Å².